The number of hydrogen-bond acceptors (Lipinski definition) is 3. The van der Waals surface area contributed by atoms with Crippen LogP contribution in [0.25, 0.3) is 0 Å². The van der Waals surface area contributed by atoms with Crippen LogP contribution in [0.3, 0.4) is 0 Å². The summed E-state index contributed by atoms with van der Waals surface area (Å²) in [6, 6.07) is 7.27. The molecule has 20 heavy (non-hydrogen) atoms. The maximum Gasteiger partial charge on any atom is 0.122 e. The summed E-state index contributed by atoms with van der Waals surface area (Å²) in [5.74, 6) is 1.03. The molecule has 0 saturated carbocycles. The minimum atomic E-state index is 0.613. The summed E-state index contributed by atoms with van der Waals surface area (Å²) < 4.78 is 5.53. The van der Waals surface area contributed by atoms with Gasteiger partial charge in [0.15, 0.2) is 0 Å². The topological polar surface area (TPSA) is 24.5 Å². The fraction of sp³-hybridized carbons (Fsp3) is 0.647. The van der Waals surface area contributed by atoms with E-state index in [-0.39, 0.29) is 0 Å². The third-order valence-corrected chi connectivity index (χ3v) is 4.07. The summed E-state index contributed by atoms with van der Waals surface area (Å²) in [6.45, 7) is 2.25. The molecule has 1 N–H and O–H groups in total. The summed E-state index contributed by atoms with van der Waals surface area (Å²) in [6.07, 6.45) is 6.13. The van der Waals surface area contributed by atoms with Crippen LogP contribution in [0.2, 0.25) is 0 Å². The molecule has 0 aliphatic carbocycles. The monoisotopic (exact) mass is 276 g/mol. The van der Waals surface area contributed by atoms with Gasteiger partial charge in [0, 0.05) is 12.6 Å². The lowest BCUT2D eigenvalue weighted by atomic mass is 9.95. The molecule has 0 bridgehead atoms. The highest BCUT2D eigenvalue weighted by Gasteiger charge is 2.15. The molecule has 112 valence electrons. The zero-order chi connectivity index (χ0) is 14.4. The second kappa shape index (κ2) is 7.65. The Morgan fingerprint density at radius 2 is 2.15 bits per heavy atom. The van der Waals surface area contributed by atoms with Crippen molar-refractivity contribution in [2.24, 2.45) is 0 Å². The molecular weight excluding hydrogens is 248 g/mol. The van der Waals surface area contributed by atoms with Crippen molar-refractivity contribution in [3.63, 3.8) is 0 Å². The molecule has 3 nitrogen and oxygen atoms in total. The van der Waals surface area contributed by atoms with Gasteiger partial charge in [-0.15, -0.1) is 0 Å². The van der Waals surface area contributed by atoms with E-state index in [1.54, 1.807) is 7.11 Å². The van der Waals surface area contributed by atoms with Crippen molar-refractivity contribution >= 4 is 0 Å². The molecule has 1 heterocycles. The molecule has 2 rings (SSSR count). The van der Waals surface area contributed by atoms with Crippen LogP contribution in [-0.2, 0) is 12.8 Å². The second-order valence-corrected chi connectivity index (χ2v) is 6.05. The summed E-state index contributed by atoms with van der Waals surface area (Å²) in [4.78, 5) is 2.23. The maximum atomic E-state index is 5.53. The number of ether oxygens (including phenoxy) is 1. The van der Waals surface area contributed by atoms with Crippen molar-refractivity contribution in [2.75, 3.05) is 34.3 Å². The third-order valence-electron chi connectivity index (χ3n) is 4.07. The number of methoxy groups -OCH3 is 1. The van der Waals surface area contributed by atoms with Crippen LogP contribution in [0, 0.1) is 0 Å². The van der Waals surface area contributed by atoms with E-state index in [0.29, 0.717) is 6.04 Å². The number of likely N-dealkylation sites (N-methyl/N-ethyl adjacent to an activating group) is 1. The molecule has 1 aromatic rings. The molecule has 0 amide bonds. The van der Waals surface area contributed by atoms with E-state index >= 15 is 0 Å². The molecule has 0 radical (unpaired) electrons. The van der Waals surface area contributed by atoms with Gasteiger partial charge in [0.05, 0.1) is 7.11 Å². The molecule has 1 fully saturated rings. The van der Waals surface area contributed by atoms with Gasteiger partial charge in [-0.05, 0) is 63.5 Å². The Balaban J connectivity index is 2.05. The van der Waals surface area contributed by atoms with E-state index in [1.165, 1.54) is 30.4 Å². The molecule has 0 aromatic heterocycles. The molecule has 1 unspecified atom stereocenters. The Labute approximate surface area is 123 Å². The summed E-state index contributed by atoms with van der Waals surface area (Å²) in [5, 5.41) is 3.62. The van der Waals surface area contributed by atoms with Crippen molar-refractivity contribution in [1.82, 2.24) is 10.2 Å². The predicted molar refractivity (Wildman–Crippen MR) is 84.6 cm³/mol. The van der Waals surface area contributed by atoms with E-state index in [0.717, 1.165) is 31.7 Å². The van der Waals surface area contributed by atoms with E-state index < -0.39 is 0 Å². The highest BCUT2D eigenvalue weighted by atomic mass is 16.5. The third kappa shape index (κ3) is 4.50. The van der Waals surface area contributed by atoms with Crippen molar-refractivity contribution in [2.45, 2.75) is 38.1 Å². The minimum Gasteiger partial charge on any atom is -0.496 e. The zero-order valence-electron chi connectivity index (χ0n) is 13.1. The molecule has 3 heteroatoms. The van der Waals surface area contributed by atoms with E-state index in [4.69, 9.17) is 4.74 Å². The SMILES string of the molecule is COc1ccc(CCN(C)C)cc1CC1CCCCN1. The lowest BCUT2D eigenvalue weighted by Crippen LogP contribution is -2.35. The highest BCUT2D eigenvalue weighted by molar-refractivity contribution is 5.38. The maximum absolute atomic E-state index is 5.53. The van der Waals surface area contributed by atoms with Crippen molar-refractivity contribution in [1.29, 1.82) is 0 Å². The number of hydrogen-bond donors (Lipinski definition) is 1. The van der Waals surface area contributed by atoms with Crippen LogP contribution in [0.15, 0.2) is 18.2 Å². The molecule has 1 aliphatic heterocycles. The quantitative estimate of drug-likeness (QED) is 0.864. The van der Waals surface area contributed by atoms with Gasteiger partial charge in [-0.1, -0.05) is 18.6 Å². The normalized spacial score (nSPS) is 19.3. The number of benzene rings is 1. The van der Waals surface area contributed by atoms with Crippen LogP contribution in [0.4, 0.5) is 0 Å². The van der Waals surface area contributed by atoms with Crippen LogP contribution in [-0.4, -0.2) is 45.2 Å². The van der Waals surface area contributed by atoms with Crippen molar-refractivity contribution in [3.8, 4) is 5.75 Å². The van der Waals surface area contributed by atoms with Crippen LogP contribution < -0.4 is 10.1 Å². The van der Waals surface area contributed by atoms with Crippen LogP contribution in [0.1, 0.15) is 30.4 Å². The molecule has 1 aromatic carbocycles. The van der Waals surface area contributed by atoms with Crippen LogP contribution in [0.5, 0.6) is 5.75 Å². The zero-order valence-corrected chi connectivity index (χ0v) is 13.1. The molecule has 1 aliphatic rings. The van der Waals surface area contributed by atoms with Gasteiger partial charge >= 0.3 is 0 Å². The van der Waals surface area contributed by atoms with E-state index in [1.807, 2.05) is 0 Å². The fourth-order valence-electron chi connectivity index (χ4n) is 2.86. The fourth-order valence-corrected chi connectivity index (χ4v) is 2.86. The molecule has 1 atom stereocenters. The first-order valence-electron chi connectivity index (χ1n) is 7.73. The summed E-state index contributed by atoms with van der Waals surface area (Å²) in [5.41, 5.74) is 2.76. The lowest BCUT2D eigenvalue weighted by molar-refractivity contribution is 0.381. The first-order chi connectivity index (χ1) is 9.69. The first-order valence-corrected chi connectivity index (χ1v) is 7.73. The second-order valence-electron chi connectivity index (χ2n) is 6.05. The Hall–Kier alpha value is -1.06. The average Bonchev–Trinajstić information content (AvgIpc) is 2.46. The smallest absolute Gasteiger partial charge is 0.122 e. The van der Waals surface area contributed by atoms with Gasteiger partial charge in [0.2, 0.25) is 0 Å². The lowest BCUT2D eigenvalue weighted by Gasteiger charge is -2.24. The Morgan fingerprint density at radius 1 is 1.30 bits per heavy atom. The number of nitrogens with one attached hydrogen (secondary N) is 1. The van der Waals surface area contributed by atoms with Crippen LogP contribution >= 0.6 is 0 Å². The standard InChI is InChI=1S/C17H28N2O/c1-19(2)11-9-14-7-8-17(20-3)15(12-14)13-16-6-4-5-10-18-16/h7-8,12,16,18H,4-6,9-11,13H2,1-3H3. The first kappa shape index (κ1) is 15.3. The van der Waals surface area contributed by atoms with Crippen molar-refractivity contribution < 1.29 is 4.74 Å². The Morgan fingerprint density at radius 3 is 2.80 bits per heavy atom. The molecule has 0 spiro atoms. The van der Waals surface area contributed by atoms with Gasteiger partial charge < -0.3 is 15.0 Å². The Kier molecular flexibility index (Phi) is 5.86. The van der Waals surface area contributed by atoms with E-state index in [2.05, 4.69) is 42.5 Å². The minimum absolute atomic E-state index is 0.613. The number of nitrogens with zero attached hydrogens (tertiary/aromatic N) is 1. The number of piperidine rings is 1. The largest absolute Gasteiger partial charge is 0.496 e. The number of rotatable bonds is 6. The average molecular weight is 276 g/mol. The van der Waals surface area contributed by atoms with Crippen molar-refractivity contribution in [3.05, 3.63) is 29.3 Å². The predicted octanol–water partition coefficient (Wildman–Crippen LogP) is 2.48. The van der Waals surface area contributed by atoms with E-state index in [9.17, 15) is 0 Å². The summed E-state index contributed by atoms with van der Waals surface area (Å²) in [7, 11) is 6.01. The van der Waals surface area contributed by atoms with Gasteiger partial charge in [-0.2, -0.15) is 0 Å². The Bertz CT molecular complexity index is 411. The highest BCUT2D eigenvalue weighted by Crippen LogP contribution is 2.23. The van der Waals surface area contributed by atoms with Gasteiger partial charge in [0.25, 0.3) is 0 Å². The molecular formula is C17H28N2O. The van der Waals surface area contributed by atoms with Gasteiger partial charge in [0.1, 0.15) is 5.75 Å². The van der Waals surface area contributed by atoms with Gasteiger partial charge in [-0.3, -0.25) is 0 Å². The molecule has 1 saturated heterocycles. The summed E-state index contributed by atoms with van der Waals surface area (Å²) >= 11 is 0. The van der Waals surface area contributed by atoms with Gasteiger partial charge in [-0.25, -0.2) is 0 Å².